The Morgan fingerprint density at radius 3 is 2.40 bits per heavy atom. The van der Waals surface area contributed by atoms with Gasteiger partial charge in [0.1, 0.15) is 11.5 Å². The number of aromatic nitrogens is 2. The molecule has 0 bridgehead atoms. The van der Waals surface area contributed by atoms with E-state index in [2.05, 4.69) is 10.3 Å². The molecular weight excluding hydrogens is 611 g/mol. The van der Waals surface area contributed by atoms with E-state index < -0.39 is 27.6 Å². The molecule has 0 fully saturated rings. The topological polar surface area (TPSA) is 151 Å². The third-order valence-electron chi connectivity index (χ3n) is 6.96. The second kappa shape index (κ2) is 12.4. The van der Waals surface area contributed by atoms with Gasteiger partial charge in [-0.2, -0.15) is 21.6 Å². The number of carboxylic acids is 1. The summed E-state index contributed by atoms with van der Waals surface area (Å²) >= 11 is 5.99. The minimum atomic E-state index is -5.55. The highest BCUT2D eigenvalue weighted by Crippen LogP contribution is 2.30. The number of aromatic carboxylic acids is 1. The molecule has 4 rings (SSSR count). The standard InChI is InChI=1S/C28H29ClF3N5O5S/c1-16(34-14-25(38)20-11-22(29)26(33)35-13-20)9-18-5-8-23-19(10-18)12-24(27(39)40)37(23)15-17-3-6-21(7-4-17)36(2)43(41,42)28(30,31)32/h3-8,10-13,16,25,34,38H,9,14-15H2,1-2H3,(H2,33,35)(H,39,40). The fourth-order valence-electron chi connectivity index (χ4n) is 4.58. The van der Waals surface area contributed by atoms with Gasteiger partial charge in [-0.15, -0.1) is 0 Å². The van der Waals surface area contributed by atoms with Crippen LogP contribution in [0.1, 0.15) is 40.2 Å². The third-order valence-corrected chi connectivity index (χ3v) is 8.78. The number of anilines is 2. The Morgan fingerprint density at radius 1 is 1.14 bits per heavy atom. The van der Waals surface area contributed by atoms with Crippen LogP contribution in [0.2, 0.25) is 5.02 Å². The monoisotopic (exact) mass is 639 g/mol. The maximum absolute atomic E-state index is 12.9. The molecule has 10 nitrogen and oxygen atoms in total. The summed E-state index contributed by atoms with van der Waals surface area (Å²) in [6.07, 6.45) is 1.18. The first-order valence-corrected chi connectivity index (χ1v) is 14.7. The van der Waals surface area contributed by atoms with E-state index in [4.69, 9.17) is 17.3 Å². The van der Waals surface area contributed by atoms with E-state index >= 15 is 0 Å². The molecule has 0 spiro atoms. The van der Waals surface area contributed by atoms with E-state index in [0.717, 1.165) is 12.6 Å². The minimum absolute atomic E-state index is 0.0121. The number of nitrogen functional groups attached to an aromatic ring is 1. The number of nitrogens with two attached hydrogens (primary N) is 1. The van der Waals surface area contributed by atoms with Crippen molar-refractivity contribution in [3.63, 3.8) is 0 Å². The van der Waals surface area contributed by atoms with Gasteiger partial charge in [0.15, 0.2) is 0 Å². The number of pyridine rings is 1. The van der Waals surface area contributed by atoms with E-state index in [9.17, 15) is 36.6 Å². The first-order valence-electron chi connectivity index (χ1n) is 12.9. The fourth-order valence-corrected chi connectivity index (χ4v) is 5.47. The SMILES string of the molecule is CC(Cc1ccc2c(c1)cc(C(=O)O)n2Cc1ccc(N(C)S(=O)(=O)C(F)(F)F)cc1)NCC(O)c1cnc(N)c(Cl)c1. The Hall–Kier alpha value is -3.85. The summed E-state index contributed by atoms with van der Waals surface area (Å²) in [5, 5.41) is 24.5. The Balaban J connectivity index is 1.48. The zero-order valence-electron chi connectivity index (χ0n) is 23.0. The van der Waals surface area contributed by atoms with E-state index in [-0.39, 0.29) is 45.7 Å². The average molecular weight is 640 g/mol. The van der Waals surface area contributed by atoms with Crippen molar-refractivity contribution in [1.82, 2.24) is 14.9 Å². The van der Waals surface area contributed by atoms with Crippen LogP contribution in [-0.4, -0.2) is 59.3 Å². The van der Waals surface area contributed by atoms with Crippen molar-refractivity contribution in [3.8, 4) is 0 Å². The lowest BCUT2D eigenvalue weighted by molar-refractivity contribution is -0.0437. The highest BCUT2D eigenvalue weighted by Gasteiger charge is 2.49. The molecular formula is C28H29ClF3N5O5S. The Morgan fingerprint density at radius 2 is 1.79 bits per heavy atom. The van der Waals surface area contributed by atoms with Crippen LogP contribution in [-0.2, 0) is 23.0 Å². The molecule has 0 amide bonds. The molecule has 2 aromatic carbocycles. The number of nitrogens with zero attached hydrogens (tertiary/aromatic N) is 3. The molecule has 0 radical (unpaired) electrons. The fraction of sp³-hybridized carbons (Fsp3) is 0.286. The number of hydrogen-bond acceptors (Lipinski definition) is 7. The van der Waals surface area contributed by atoms with Gasteiger partial charge in [-0.25, -0.2) is 9.78 Å². The molecule has 0 aliphatic rings. The first-order chi connectivity index (χ1) is 20.1. The Bertz CT molecular complexity index is 1750. The Kier molecular flexibility index (Phi) is 9.25. The first kappa shape index (κ1) is 32.1. The predicted octanol–water partition coefficient (Wildman–Crippen LogP) is 4.56. The molecule has 2 atom stereocenters. The summed E-state index contributed by atoms with van der Waals surface area (Å²) in [6, 6.07) is 13.9. The van der Waals surface area contributed by atoms with Crippen LogP contribution in [0.25, 0.3) is 10.9 Å². The van der Waals surface area contributed by atoms with Gasteiger partial charge in [0.2, 0.25) is 0 Å². The number of nitrogens with one attached hydrogen (secondary N) is 1. The van der Waals surface area contributed by atoms with Crippen molar-refractivity contribution < 1.29 is 36.6 Å². The second-order valence-electron chi connectivity index (χ2n) is 10.1. The molecule has 15 heteroatoms. The number of fused-ring (bicyclic) bond motifs is 1. The lowest BCUT2D eigenvalue weighted by Crippen LogP contribution is -2.38. The average Bonchev–Trinajstić information content (AvgIpc) is 3.30. The number of rotatable bonds is 11. The zero-order chi connectivity index (χ0) is 31.7. The number of carboxylic acid groups (broad SMARTS) is 1. The number of aliphatic hydroxyl groups excluding tert-OH is 1. The smallest absolute Gasteiger partial charge is 0.477 e. The summed E-state index contributed by atoms with van der Waals surface area (Å²) in [5.41, 5.74) is 2.63. The Labute approximate surface area is 250 Å². The number of carbonyl (C=O) groups is 1. The van der Waals surface area contributed by atoms with Crippen molar-refractivity contribution in [2.45, 2.75) is 37.5 Å². The molecule has 0 aliphatic heterocycles. The van der Waals surface area contributed by atoms with E-state index in [1.165, 1.54) is 30.5 Å². The number of sulfonamides is 1. The van der Waals surface area contributed by atoms with Crippen LogP contribution in [0.5, 0.6) is 0 Å². The molecule has 230 valence electrons. The van der Waals surface area contributed by atoms with Crippen LogP contribution in [0.4, 0.5) is 24.7 Å². The molecule has 0 aliphatic carbocycles. The highest BCUT2D eigenvalue weighted by molar-refractivity contribution is 7.93. The lowest BCUT2D eigenvalue weighted by Gasteiger charge is -2.21. The maximum Gasteiger partial charge on any atom is 0.516 e. The van der Waals surface area contributed by atoms with Crippen LogP contribution < -0.4 is 15.4 Å². The molecule has 2 aromatic heterocycles. The largest absolute Gasteiger partial charge is 0.516 e. The van der Waals surface area contributed by atoms with Gasteiger partial charge in [-0.1, -0.05) is 29.8 Å². The van der Waals surface area contributed by atoms with Crippen molar-refractivity contribution in [2.24, 2.45) is 0 Å². The molecule has 43 heavy (non-hydrogen) atoms. The van der Waals surface area contributed by atoms with Crippen molar-refractivity contribution in [1.29, 1.82) is 0 Å². The number of aliphatic hydroxyl groups is 1. The van der Waals surface area contributed by atoms with Gasteiger partial charge in [-0.3, -0.25) is 4.31 Å². The van der Waals surface area contributed by atoms with E-state index in [0.29, 0.717) is 28.5 Å². The molecule has 0 saturated carbocycles. The van der Waals surface area contributed by atoms with Crippen molar-refractivity contribution in [3.05, 3.63) is 88.2 Å². The van der Waals surface area contributed by atoms with E-state index in [1.807, 2.05) is 19.1 Å². The molecule has 4 aromatic rings. The summed E-state index contributed by atoms with van der Waals surface area (Å²) in [7, 11) is -4.75. The van der Waals surface area contributed by atoms with Crippen molar-refractivity contribution >= 4 is 50.0 Å². The van der Waals surface area contributed by atoms with E-state index in [1.54, 1.807) is 22.8 Å². The summed E-state index contributed by atoms with van der Waals surface area (Å²) in [5.74, 6) is -0.982. The van der Waals surface area contributed by atoms with Crippen molar-refractivity contribution in [2.75, 3.05) is 23.6 Å². The minimum Gasteiger partial charge on any atom is -0.477 e. The quantitative estimate of drug-likeness (QED) is 0.187. The molecule has 2 unspecified atom stereocenters. The molecule has 5 N–H and O–H groups in total. The summed E-state index contributed by atoms with van der Waals surface area (Å²) in [6.45, 7) is 2.27. The summed E-state index contributed by atoms with van der Waals surface area (Å²) < 4.78 is 63.9. The number of halogens is 4. The number of hydrogen-bond donors (Lipinski definition) is 4. The second-order valence-corrected chi connectivity index (χ2v) is 12.4. The number of alkyl halides is 3. The van der Waals surface area contributed by atoms with Gasteiger partial charge in [0.25, 0.3) is 0 Å². The van der Waals surface area contributed by atoms with Gasteiger partial charge >= 0.3 is 21.5 Å². The maximum atomic E-state index is 12.9. The molecule has 2 heterocycles. The normalized spacial score (nSPS) is 13.7. The zero-order valence-corrected chi connectivity index (χ0v) is 24.6. The van der Waals surface area contributed by atoms with Gasteiger partial charge < -0.3 is 25.8 Å². The third kappa shape index (κ3) is 7.04. The van der Waals surface area contributed by atoms with Crippen LogP contribution >= 0.6 is 11.6 Å². The summed E-state index contributed by atoms with van der Waals surface area (Å²) in [4.78, 5) is 16.0. The highest BCUT2D eigenvalue weighted by atomic mass is 35.5. The number of benzene rings is 2. The lowest BCUT2D eigenvalue weighted by atomic mass is 10.0. The predicted molar refractivity (Wildman–Crippen MR) is 158 cm³/mol. The molecule has 0 saturated heterocycles. The van der Waals surface area contributed by atoms with Gasteiger partial charge in [0, 0.05) is 48.8 Å². The van der Waals surface area contributed by atoms with Gasteiger partial charge in [0.05, 0.1) is 16.8 Å². The van der Waals surface area contributed by atoms with Crippen LogP contribution in [0.15, 0.2) is 60.8 Å². The van der Waals surface area contributed by atoms with Crippen LogP contribution in [0.3, 0.4) is 0 Å². The van der Waals surface area contributed by atoms with Crippen LogP contribution in [0, 0.1) is 0 Å². The van der Waals surface area contributed by atoms with Gasteiger partial charge in [-0.05, 0) is 60.9 Å².